The molecule has 0 amide bonds. The number of anilines is 4. The minimum Gasteiger partial charge on any atom is -0.495 e. The number of hydrogen-bond donors (Lipinski definition) is 2. The summed E-state index contributed by atoms with van der Waals surface area (Å²) in [6.45, 7) is 1.88. The van der Waals surface area contributed by atoms with Gasteiger partial charge in [-0.15, -0.1) is 0 Å². The van der Waals surface area contributed by atoms with Gasteiger partial charge < -0.3 is 20.1 Å². The van der Waals surface area contributed by atoms with Crippen LogP contribution in [-0.4, -0.2) is 35.1 Å². The summed E-state index contributed by atoms with van der Waals surface area (Å²) >= 11 is 0. The lowest BCUT2D eigenvalue weighted by molar-refractivity contribution is -0.383. The van der Waals surface area contributed by atoms with E-state index < -0.39 is 10.9 Å². The Bertz CT molecular complexity index is 1100. The molecule has 0 saturated carbocycles. The fourth-order valence-corrected chi connectivity index (χ4v) is 2.79. The standard InChI is InChI=1S/C20H19N5O5/c1-12-8-9-16(29-2)15(10-12)24-19-17(25(27)28)18(21-11-22-19)23-14-7-5-4-6-13(14)20(26)30-3/h4-11H,1-3H3,(H2,21,22,23,24). The predicted octanol–water partition coefficient (Wildman–Crippen LogP) is 3.98. The molecule has 1 heterocycles. The molecule has 0 fully saturated rings. The van der Waals surface area contributed by atoms with Crippen LogP contribution >= 0.6 is 0 Å². The van der Waals surface area contributed by atoms with Crippen molar-refractivity contribution in [3.8, 4) is 5.75 Å². The molecule has 2 aromatic carbocycles. The summed E-state index contributed by atoms with van der Waals surface area (Å²) in [4.78, 5) is 31.3. The summed E-state index contributed by atoms with van der Waals surface area (Å²) < 4.78 is 10.1. The number of nitrogens with one attached hydrogen (secondary N) is 2. The number of aromatic nitrogens is 2. The van der Waals surface area contributed by atoms with E-state index >= 15 is 0 Å². The zero-order valence-electron chi connectivity index (χ0n) is 16.5. The lowest BCUT2D eigenvalue weighted by atomic mass is 10.1. The van der Waals surface area contributed by atoms with E-state index in [-0.39, 0.29) is 22.9 Å². The molecule has 10 heteroatoms. The third-order valence-corrected chi connectivity index (χ3v) is 4.20. The Morgan fingerprint density at radius 2 is 1.70 bits per heavy atom. The van der Waals surface area contributed by atoms with Gasteiger partial charge in [0.25, 0.3) is 0 Å². The predicted molar refractivity (Wildman–Crippen MR) is 111 cm³/mol. The number of para-hydroxylation sites is 1. The molecule has 0 aliphatic rings. The van der Waals surface area contributed by atoms with Crippen LogP contribution in [0.15, 0.2) is 48.8 Å². The van der Waals surface area contributed by atoms with Crippen LogP contribution in [0.3, 0.4) is 0 Å². The summed E-state index contributed by atoms with van der Waals surface area (Å²) in [5.41, 5.74) is 1.58. The van der Waals surface area contributed by atoms with Crippen LogP contribution < -0.4 is 15.4 Å². The van der Waals surface area contributed by atoms with Crippen molar-refractivity contribution in [3.63, 3.8) is 0 Å². The first kappa shape index (κ1) is 20.5. The third kappa shape index (κ3) is 4.27. The minimum atomic E-state index is -0.603. The maximum atomic E-state index is 12.0. The Kier molecular flexibility index (Phi) is 6.06. The van der Waals surface area contributed by atoms with E-state index in [9.17, 15) is 14.9 Å². The molecule has 0 aliphatic heterocycles. The largest absolute Gasteiger partial charge is 0.495 e. The lowest BCUT2D eigenvalue weighted by Crippen LogP contribution is -2.09. The number of benzene rings is 2. The monoisotopic (exact) mass is 409 g/mol. The first-order chi connectivity index (χ1) is 14.4. The summed E-state index contributed by atoms with van der Waals surface area (Å²) in [6, 6.07) is 11.9. The van der Waals surface area contributed by atoms with Crippen molar-refractivity contribution in [2.45, 2.75) is 6.92 Å². The molecule has 0 atom stereocenters. The first-order valence-corrected chi connectivity index (χ1v) is 8.80. The molecule has 0 saturated heterocycles. The van der Waals surface area contributed by atoms with Crippen LogP contribution in [0.1, 0.15) is 15.9 Å². The molecule has 154 valence electrons. The van der Waals surface area contributed by atoms with E-state index in [1.165, 1.54) is 26.6 Å². The fraction of sp³-hybridized carbons (Fsp3) is 0.150. The van der Waals surface area contributed by atoms with E-state index in [1.54, 1.807) is 30.3 Å². The average Bonchev–Trinajstić information content (AvgIpc) is 2.73. The number of methoxy groups -OCH3 is 2. The third-order valence-electron chi connectivity index (χ3n) is 4.20. The van der Waals surface area contributed by atoms with Crippen molar-refractivity contribution >= 4 is 34.7 Å². The van der Waals surface area contributed by atoms with Gasteiger partial charge in [0, 0.05) is 0 Å². The van der Waals surface area contributed by atoms with Gasteiger partial charge in [0.1, 0.15) is 12.1 Å². The van der Waals surface area contributed by atoms with Gasteiger partial charge >= 0.3 is 11.7 Å². The molecule has 0 bridgehead atoms. The Morgan fingerprint density at radius 3 is 2.33 bits per heavy atom. The molecular weight excluding hydrogens is 390 g/mol. The van der Waals surface area contributed by atoms with E-state index in [2.05, 4.69) is 20.6 Å². The quantitative estimate of drug-likeness (QED) is 0.338. The summed E-state index contributed by atoms with van der Waals surface area (Å²) in [5.74, 6) is -0.200. The number of rotatable bonds is 7. The number of ether oxygens (including phenoxy) is 2. The van der Waals surface area contributed by atoms with Gasteiger partial charge in [0.2, 0.25) is 11.6 Å². The number of nitro groups is 1. The van der Waals surface area contributed by atoms with Crippen LogP contribution in [0.4, 0.5) is 28.7 Å². The molecule has 0 unspecified atom stereocenters. The highest BCUT2D eigenvalue weighted by Gasteiger charge is 2.25. The average molecular weight is 409 g/mol. The van der Waals surface area contributed by atoms with E-state index in [4.69, 9.17) is 9.47 Å². The minimum absolute atomic E-state index is 0.0306. The van der Waals surface area contributed by atoms with Crippen LogP contribution in [0.25, 0.3) is 0 Å². The normalized spacial score (nSPS) is 10.2. The number of aryl methyl sites for hydroxylation is 1. The number of nitrogens with zero attached hydrogens (tertiary/aromatic N) is 3. The van der Waals surface area contributed by atoms with Gasteiger partial charge in [-0.1, -0.05) is 18.2 Å². The second-order valence-corrected chi connectivity index (χ2v) is 6.17. The SMILES string of the molecule is COC(=O)c1ccccc1Nc1ncnc(Nc2cc(C)ccc2OC)c1[N+](=O)[O-]. The van der Waals surface area contributed by atoms with Crippen molar-refractivity contribution < 1.29 is 19.2 Å². The molecular formula is C20H19N5O5. The first-order valence-electron chi connectivity index (χ1n) is 8.80. The zero-order chi connectivity index (χ0) is 21.7. The van der Waals surface area contributed by atoms with Gasteiger partial charge in [-0.3, -0.25) is 10.1 Å². The van der Waals surface area contributed by atoms with Crippen molar-refractivity contribution in [1.29, 1.82) is 0 Å². The van der Waals surface area contributed by atoms with E-state index in [0.717, 1.165) is 5.56 Å². The highest BCUT2D eigenvalue weighted by atomic mass is 16.6. The van der Waals surface area contributed by atoms with Gasteiger partial charge in [-0.25, -0.2) is 14.8 Å². The number of hydrogen-bond acceptors (Lipinski definition) is 9. The number of esters is 1. The van der Waals surface area contributed by atoms with Crippen molar-refractivity contribution in [2.75, 3.05) is 24.9 Å². The summed E-state index contributed by atoms with van der Waals surface area (Å²) in [6.07, 6.45) is 1.18. The summed E-state index contributed by atoms with van der Waals surface area (Å²) in [7, 11) is 2.75. The van der Waals surface area contributed by atoms with Crippen LogP contribution in [-0.2, 0) is 4.74 Å². The lowest BCUT2D eigenvalue weighted by Gasteiger charge is -2.14. The number of carbonyl (C=O) groups is 1. The van der Waals surface area contributed by atoms with Gasteiger partial charge in [-0.2, -0.15) is 0 Å². The molecule has 3 rings (SSSR count). The molecule has 10 nitrogen and oxygen atoms in total. The topological polar surface area (TPSA) is 129 Å². The zero-order valence-corrected chi connectivity index (χ0v) is 16.5. The smallest absolute Gasteiger partial charge is 0.353 e. The van der Waals surface area contributed by atoms with Crippen LogP contribution in [0, 0.1) is 17.0 Å². The molecule has 0 spiro atoms. The van der Waals surface area contributed by atoms with Gasteiger partial charge in [0.05, 0.1) is 36.1 Å². The maximum Gasteiger partial charge on any atom is 0.353 e. The van der Waals surface area contributed by atoms with Gasteiger partial charge in [0.15, 0.2) is 0 Å². The van der Waals surface area contributed by atoms with Crippen molar-refractivity contribution in [3.05, 3.63) is 70.0 Å². The Labute approximate surface area is 172 Å². The molecule has 1 aromatic heterocycles. The van der Waals surface area contributed by atoms with E-state index in [1.807, 2.05) is 13.0 Å². The second kappa shape index (κ2) is 8.86. The van der Waals surface area contributed by atoms with Crippen LogP contribution in [0.2, 0.25) is 0 Å². The van der Waals surface area contributed by atoms with Crippen LogP contribution in [0.5, 0.6) is 5.75 Å². The van der Waals surface area contributed by atoms with Crippen molar-refractivity contribution in [1.82, 2.24) is 9.97 Å². The highest BCUT2D eigenvalue weighted by Crippen LogP contribution is 2.36. The molecule has 0 aliphatic carbocycles. The molecule has 2 N–H and O–H groups in total. The second-order valence-electron chi connectivity index (χ2n) is 6.17. The highest BCUT2D eigenvalue weighted by molar-refractivity contribution is 5.96. The van der Waals surface area contributed by atoms with Crippen molar-refractivity contribution in [2.24, 2.45) is 0 Å². The maximum absolute atomic E-state index is 12.0. The summed E-state index contributed by atoms with van der Waals surface area (Å²) in [5, 5.41) is 17.6. The Hall–Kier alpha value is -4.21. The molecule has 30 heavy (non-hydrogen) atoms. The Morgan fingerprint density at radius 1 is 1.03 bits per heavy atom. The Balaban J connectivity index is 2.04. The van der Waals surface area contributed by atoms with E-state index in [0.29, 0.717) is 17.1 Å². The molecule has 0 radical (unpaired) electrons. The van der Waals surface area contributed by atoms with Gasteiger partial charge in [-0.05, 0) is 36.8 Å². The molecule has 3 aromatic rings. The number of carbonyl (C=O) groups excluding carboxylic acids is 1. The fourth-order valence-electron chi connectivity index (χ4n) is 2.79.